The molecule has 2 aromatic carbocycles. The number of para-hydroxylation sites is 1. The van der Waals surface area contributed by atoms with Crippen LogP contribution in [0, 0.1) is 5.82 Å². The number of hydrogen-bond acceptors (Lipinski definition) is 4. The quantitative estimate of drug-likeness (QED) is 0.761. The molecule has 0 aromatic heterocycles. The lowest BCUT2D eigenvalue weighted by atomic mass is 9.85. The molecule has 1 N–H and O–H groups in total. The number of rotatable bonds is 6. The summed E-state index contributed by atoms with van der Waals surface area (Å²) in [6.07, 6.45) is 2.63. The molecule has 4 rings (SSSR count). The van der Waals surface area contributed by atoms with Crippen molar-refractivity contribution in [2.24, 2.45) is 0 Å². The van der Waals surface area contributed by atoms with Gasteiger partial charge < -0.3 is 15.1 Å². The maximum absolute atomic E-state index is 13.0. The van der Waals surface area contributed by atoms with Gasteiger partial charge in [0.15, 0.2) is 5.78 Å². The molecule has 152 valence electrons. The summed E-state index contributed by atoms with van der Waals surface area (Å²) in [6.45, 7) is 2.89. The van der Waals surface area contributed by atoms with E-state index in [1.54, 1.807) is 12.1 Å². The first kappa shape index (κ1) is 18.3. The summed E-state index contributed by atoms with van der Waals surface area (Å²) in [6, 6.07) is 13.4. The van der Waals surface area contributed by atoms with E-state index in [4.69, 9.17) is 1.37 Å². The van der Waals surface area contributed by atoms with Gasteiger partial charge >= 0.3 is 0 Å². The zero-order valence-electron chi connectivity index (χ0n) is 17.4. The molecular formula is C23H26FN3O2. The average molecular weight is 397 g/mol. The molecule has 2 heterocycles. The van der Waals surface area contributed by atoms with E-state index in [0.29, 0.717) is 24.7 Å². The third-order valence-corrected chi connectivity index (χ3v) is 6.08. The molecule has 2 aliphatic heterocycles. The first-order chi connectivity index (χ1) is 14.5. The van der Waals surface area contributed by atoms with Gasteiger partial charge in [-0.3, -0.25) is 9.59 Å². The topological polar surface area (TPSA) is 52.7 Å². The van der Waals surface area contributed by atoms with Crippen molar-refractivity contribution in [3.8, 4) is 0 Å². The molecular weight excluding hydrogens is 369 g/mol. The normalized spacial score (nSPS) is 19.3. The highest BCUT2D eigenvalue weighted by Gasteiger charge is 2.50. The van der Waals surface area contributed by atoms with Gasteiger partial charge in [-0.1, -0.05) is 18.2 Å². The Hall–Kier alpha value is -2.73. The number of carbonyl (C=O) groups excluding carboxylic acids is 2. The lowest BCUT2D eigenvalue weighted by Crippen LogP contribution is -2.56. The SMILES string of the molecule is [3H]c1ccc(N2CNC(=O)C23CCN(CCCC(=O)c2ccc(F)cc2)CC3)cc1. The number of ketones is 1. The Morgan fingerprint density at radius 1 is 1.14 bits per heavy atom. The smallest absolute Gasteiger partial charge is 0.247 e. The molecule has 2 saturated heterocycles. The maximum atomic E-state index is 13.0. The number of halogens is 1. The van der Waals surface area contributed by atoms with Crippen molar-refractivity contribution in [2.45, 2.75) is 31.2 Å². The Bertz CT molecular complexity index is 909. The number of carbonyl (C=O) groups is 2. The Morgan fingerprint density at radius 3 is 2.52 bits per heavy atom. The fourth-order valence-corrected chi connectivity index (χ4v) is 4.37. The van der Waals surface area contributed by atoms with E-state index >= 15 is 0 Å². The first-order valence-corrected chi connectivity index (χ1v) is 10.1. The number of hydrogen-bond donors (Lipinski definition) is 1. The van der Waals surface area contributed by atoms with Crippen molar-refractivity contribution >= 4 is 17.4 Å². The molecule has 29 heavy (non-hydrogen) atoms. The highest BCUT2D eigenvalue weighted by molar-refractivity contribution is 5.96. The van der Waals surface area contributed by atoms with Crippen LogP contribution >= 0.6 is 0 Å². The summed E-state index contributed by atoms with van der Waals surface area (Å²) in [5.41, 5.74) is 0.970. The van der Waals surface area contributed by atoms with E-state index in [1.165, 1.54) is 24.3 Å². The number of nitrogens with one attached hydrogen (secondary N) is 1. The molecule has 2 aromatic rings. The average Bonchev–Trinajstić information content (AvgIpc) is 3.06. The zero-order chi connectivity index (χ0) is 21.1. The standard InChI is InChI=1S/C23H26FN3O2/c24-19-10-8-18(9-11-19)21(28)7-4-14-26-15-12-23(13-16-26)22(29)25-17-27(23)20-5-2-1-3-6-20/h1-3,5-6,8-11H,4,7,12-17H2,(H,25,29)/i1T. The number of nitrogens with zero attached hydrogens (tertiary/aromatic N) is 2. The van der Waals surface area contributed by atoms with Gasteiger partial charge in [0.2, 0.25) is 5.91 Å². The minimum Gasteiger partial charge on any atom is -0.339 e. The van der Waals surface area contributed by atoms with Gasteiger partial charge in [0, 0.05) is 30.8 Å². The van der Waals surface area contributed by atoms with Gasteiger partial charge in [-0.2, -0.15) is 0 Å². The largest absolute Gasteiger partial charge is 0.339 e. The number of amides is 1. The summed E-state index contributed by atoms with van der Waals surface area (Å²) in [5, 5.41) is 2.99. The van der Waals surface area contributed by atoms with Gasteiger partial charge in [-0.25, -0.2) is 4.39 Å². The number of benzene rings is 2. The van der Waals surface area contributed by atoms with E-state index in [-0.39, 0.29) is 17.5 Å². The highest BCUT2D eigenvalue weighted by atomic mass is 19.1. The summed E-state index contributed by atoms with van der Waals surface area (Å²) < 4.78 is 20.7. The predicted octanol–water partition coefficient (Wildman–Crippen LogP) is 3.22. The fraction of sp³-hybridized carbons (Fsp3) is 0.391. The van der Waals surface area contributed by atoms with Crippen LogP contribution in [-0.2, 0) is 4.79 Å². The summed E-state index contributed by atoms with van der Waals surface area (Å²) >= 11 is 0. The van der Waals surface area contributed by atoms with Crippen molar-refractivity contribution in [2.75, 3.05) is 31.2 Å². The molecule has 0 unspecified atom stereocenters. The fourth-order valence-electron chi connectivity index (χ4n) is 4.37. The minimum atomic E-state index is -0.538. The van der Waals surface area contributed by atoms with Crippen LogP contribution in [0.15, 0.2) is 54.6 Å². The monoisotopic (exact) mass is 397 g/mol. The Kier molecular flexibility index (Phi) is 5.26. The van der Waals surface area contributed by atoms with Gasteiger partial charge in [0.05, 0.1) is 8.04 Å². The van der Waals surface area contributed by atoms with Crippen LogP contribution in [0.4, 0.5) is 10.1 Å². The third kappa shape index (κ3) is 4.03. The van der Waals surface area contributed by atoms with Crippen LogP contribution in [0.5, 0.6) is 0 Å². The highest BCUT2D eigenvalue weighted by Crippen LogP contribution is 2.36. The van der Waals surface area contributed by atoms with E-state index in [2.05, 4.69) is 15.1 Å². The van der Waals surface area contributed by atoms with Crippen LogP contribution in [0.3, 0.4) is 0 Å². The van der Waals surface area contributed by atoms with Gasteiger partial charge in [-0.05, 0) is 62.2 Å². The van der Waals surface area contributed by atoms with E-state index in [9.17, 15) is 14.0 Å². The van der Waals surface area contributed by atoms with Gasteiger partial charge in [-0.15, -0.1) is 0 Å². The Labute approximate surface area is 171 Å². The summed E-state index contributed by atoms with van der Waals surface area (Å²) in [5.74, 6) is -0.235. The van der Waals surface area contributed by atoms with Crippen molar-refractivity contribution < 1.29 is 15.4 Å². The van der Waals surface area contributed by atoms with Gasteiger partial charge in [0.25, 0.3) is 0 Å². The molecule has 2 fully saturated rings. The third-order valence-electron chi connectivity index (χ3n) is 6.08. The number of piperidine rings is 1. The van der Waals surface area contributed by atoms with E-state index < -0.39 is 5.54 Å². The lowest BCUT2D eigenvalue weighted by Gasteiger charge is -2.43. The van der Waals surface area contributed by atoms with Crippen LogP contribution in [-0.4, -0.2) is 48.4 Å². The van der Waals surface area contributed by atoms with Crippen LogP contribution in [0.2, 0.25) is 0 Å². The molecule has 1 amide bonds. The molecule has 0 radical (unpaired) electrons. The second-order valence-corrected chi connectivity index (χ2v) is 7.76. The van der Waals surface area contributed by atoms with E-state index in [0.717, 1.165) is 44.6 Å². The number of likely N-dealkylation sites (tertiary alicyclic amines) is 1. The molecule has 5 nitrogen and oxygen atoms in total. The molecule has 0 bridgehead atoms. The zero-order valence-corrected chi connectivity index (χ0v) is 16.4. The second kappa shape index (κ2) is 8.33. The van der Waals surface area contributed by atoms with Crippen LogP contribution in [0.25, 0.3) is 0 Å². The molecule has 1 spiro atoms. The summed E-state index contributed by atoms with van der Waals surface area (Å²) in [4.78, 5) is 29.4. The van der Waals surface area contributed by atoms with E-state index in [1.807, 2.05) is 12.1 Å². The molecule has 6 heteroatoms. The Balaban J connectivity index is 1.31. The van der Waals surface area contributed by atoms with Crippen molar-refractivity contribution in [3.63, 3.8) is 0 Å². The molecule has 2 aliphatic rings. The molecule has 0 saturated carbocycles. The number of Topliss-reactive ketones (excluding diaryl/α,β-unsaturated/α-hetero) is 1. The second-order valence-electron chi connectivity index (χ2n) is 7.76. The van der Waals surface area contributed by atoms with Crippen molar-refractivity contribution in [1.82, 2.24) is 10.2 Å². The van der Waals surface area contributed by atoms with Gasteiger partial charge in [0.1, 0.15) is 11.4 Å². The van der Waals surface area contributed by atoms with Crippen LogP contribution < -0.4 is 10.2 Å². The first-order valence-electron chi connectivity index (χ1n) is 10.6. The van der Waals surface area contributed by atoms with Crippen molar-refractivity contribution in [1.29, 1.82) is 0 Å². The van der Waals surface area contributed by atoms with Crippen molar-refractivity contribution in [3.05, 3.63) is 66.0 Å². The lowest BCUT2D eigenvalue weighted by molar-refractivity contribution is -0.125. The van der Waals surface area contributed by atoms with Crippen LogP contribution in [0.1, 0.15) is 37.4 Å². The predicted molar refractivity (Wildman–Crippen MR) is 110 cm³/mol. The minimum absolute atomic E-state index is 0.0302. The number of anilines is 1. The maximum Gasteiger partial charge on any atom is 0.247 e. The molecule has 0 aliphatic carbocycles. The summed E-state index contributed by atoms with van der Waals surface area (Å²) in [7, 11) is 0. The Morgan fingerprint density at radius 2 is 1.83 bits per heavy atom. The molecule has 0 atom stereocenters.